The van der Waals surface area contributed by atoms with Crippen LogP contribution in [0.2, 0.25) is 0 Å². The largest absolute Gasteiger partial charge is 0.481 e. The molecule has 112 valence electrons. The average molecular weight is 287 g/mol. The molecular weight excluding hydrogens is 266 g/mol. The van der Waals surface area contributed by atoms with Gasteiger partial charge >= 0.3 is 5.97 Å². The van der Waals surface area contributed by atoms with Gasteiger partial charge in [0.25, 0.3) is 0 Å². The van der Waals surface area contributed by atoms with Crippen LogP contribution in [0, 0.1) is 11.8 Å². The molecule has 1 amide bonds. The third kappa shape index (κ3) is 2.80. The summed E-state index contributed by atoms with van der Waals surface area (Å²) in [4.78, 5) is 23.7. The van der Waals surface area contributed by atoms with E-state index in [1.54, 1.807) is 0 Å². The number of carboxylic acids is 1. The van der Waals surface area contributed by atoms with E-state index in [1.807, 2.05) is 12.1 Å². The Bertz CT molecular complexity index is 555. The molecule has 1 aromatic rings. The number of carbonyl (C=O) groups is 2. The lowest BCUT2D eigenvalue weighted by Crippen LogP contribution is -2.38. The standard InChI is InChI=1S/C17H21NO3/c19-16(13-8-4-9-14(13)17(20)21)18-15-10-3-6-11-5-1-2-7-12(11)15/h1-2,5,7,13-15H,3-4,6,8-10H2,(H,18,19)(H,20,21). The van der Waals surface area contributed by atoms with E-state index in [4.69, 9.17) is 0 Å². The van der Waals surface area contributed by atoms with Crippen molar-refractivity contribution in [3.8, 4) is 0 Å². The number of carboxylic acid groups (broad SMARTS) is 1. The molecule has 21 heavy (non-hydrogen) atoms. The first-order chi connectivity index (χ1) is 10.2. The number of rotatable bonds is 3. The molecule has 0 aliphatic heterocycles. The topological polar surface area (TPSA) is 66.4 Å². The SMILES string of the molecule is O=C(O)C1CCCC1C(=O)NC1CCCc2ccccc21. The summed E-state index contributed by atoms with van der Waals surface area (Å²) in [5.74, 6) is -1.79. The van der Waals surface area contributed by atoms with Crippen LogP contribution in [0.1, 0.15) is 49.3 Å². The number of nitrogens with one attached hydrogen (secondary N) is 1. The van der Waals surface area contributed by atoms with Crippen molar-refractivity contribution in [1.82, 2.24) is 5.32 Å². The number of amides is 1. The lowest BCUT2D eigenvalue weighted by atomic mass is 9.87. The van der Waals surface area contributed by atoms with Gasteiger partial charge in [0.2, 0.25) is 5.91 Å². The fraction of sp³-hybridized carbons (Fsp3) is 0.529. The van der Waals surface area contributed by atoms with Crippen LogP contribution in [0.15, 0.2) is 24.3 Å². The molecular formula is C17H21NO3. The zero-order valence-corrected chi connectivity index (χ0v) is 12.0. The highest BCUT2D eigenvalue weighted by atomic mass is 16.4. The number of carbonyl (C=O) groups excluding carboxylic acids is 1. The minimum absolute atomic E-state index is 0.0393. The Kier molecular flexibility index (Phi) is 3.95. The Morgan fingerprint density at radius 3 is 2.62 bits per heavy atom. The van der Waals surface area contributed by atoms with Gasteiger partial charge in [0.15, 0.2) is 0 Å². The van der Waals surface area contributed by atoms with E-state index in [1.165, 1.54) is 11.1 Å². The first-order valence-corrected chi connectivity index (χ1v) is 7.78. The van der Waals surface area contributed by atoms with Crippen molar-refractivity contribution in [3.63, 3.8) is 0 Å². The maximum atomic E-state index is 12.5. The zero-order valence-electron chi connectivity index (χ0n) is 12.0. The summed E-state index contributed by atoms with van der Waals surface area (Å²) in [6.45, 7) is 0. The van der Waals surface area contributed by atoms with E-state index >= 15 is 0 Å². The van der Waals surface area contributed by atoms with Gasteiger partial charge in [-0.1, -0.05) is 30.7 Å². The van der Waals surface area contributed by atoms with Gasteiger partial charge in [0.1, 0.15) is 0 Å². The second kappa shape index (κ2) is 5.88. The minimum Gasteiger partial charge on any atom is -0.481 e. The molecule has 3 atom stereocenters. The molecule has 0 aromatic heterocycles. The van der Waals surface area contributed by atoms with Crippen LogP contribution in [0.3, 0.4) is 0 Å². The van der Waals surface area contributed by atoms with Crippen molar-refractivity contribution in [1.29, 1.82) is 0 Å². The van der Waals surface area contributed by atoms with Crippen molar-refractivity contribution in [2.75, 3.05) is 0 Å². The van der Waals surface area contributed by atoms with E-state index < -0.39 is 11.9 Å². The van der Waals surface area contributed by atoms with Crippen LogP contribution in [0.25, 0.3) is 0 Å². The van der Waals surface area contributed by atoms with Crippen molar-refractivity contribution in [2.45, 2.75) is 44.6 Å². The van der Waals surface area contributed by atoms with Crippen LogP contribution in [-0.2, 0) is 16.0 Å². The summed E-state index contributed by atoms with van der Waals surface area (Å²) in [6, 6.07) is 8.25. The quantitative estimate of drug-likeness (QED) is 0.898. The third-order valence-electron chi connectivity index (χ3n) is 4.86. The van der Waals surface area contributed by atoms with Gasteiger partial charge in [-0.3, -0.25) is 9.59 Å². The Labute approximate surface area is 124 Å². The van der Waals surface area contributed by atoms with Crippen LogP contribution >= 0.6 is 0 Å². The van der Waals surface area contributed by atoms with Crippen LogP contribution in [-0.4, -0.2) is 17.0 Å². The normalized spacial score (nSPS) is 27.9. The van der Waals surface area contributed by atoms with E-state index in [9.17, 15) is 14.7 Å². The summed E-state index contributed by atoms with van der Waals surface area (Å²) >= 11 is 0. The fourth-order valence-corrected chi connectivity index (χ4v) is 3.75. The summed E-state index contributed by atoms with van der Waals surface area (Å²) in [5.41, 5.74) is 2.50. The first kappa shape index (κ1) is 14.1. The van der Waals surface area contributed by atoms with Gasteiger partial charge in [-0.05, 0) is 43.2 Å². The van der Waals surface area contributed by atoms with E-state index in [2.05, 4.69) is 17.4 Å². The van der Waals surface area contributed by atoms with Gasteiger partial charge < -0.3 is 10.4 Å². The molecule has 1 aromatic carbocycles. The maximum absolute atomic E-state index is 12.5. The van der Waals surface area contributed by atoms with Gasteiger partial charge in [-0.25, -0.2) is 0 Å². The van der Waals surface area contributed by atoms with Gasteiger partial charge in [-0.15, -0.1) is 0 Å². The molecule has 0 heterocycles. The van der Waals surface area contributed by atoms with Crippen molar-refractivity contribution in [2.24, 2.45) is 11.8 Å². The molecule has 0 saturated heterocycles. The smallest absolute Gasteiger partial charge is 0.307 e. The van der Waals surface area contributed by atoms with E-state index in [-0.39, 0.29) is 17.9 Å². The Morgan fingerprint density at radius 2 is 1.81 bits per heavy atom. The zero-order chi connectivity index (χ0) is 14.8. The number of hydrogen-bond acceptors (Lipinski definition) is 2. The van der Waals surface area contributed by atoms with Gasteiger partial charge in [-0.2, -0.15) is 0 Å². The highest BCUT2D eigenvalue weighted by Gasteiger charge is 2.38. The molecule has 0 bridgehead atoms. The predicted molar refractivity (Wildman–Crippen MR) is 78.7 cm³/mol. The van der Waals surface area contributed by atoms with Crippen LogP contribution in [0.4, 0.5) is 0 Å². The fourth-order valence-electron chi connectivity index (χ4n) is 3.75. The lowest BCUT2D eigenvalue weighted by Gasteiger charge is -2.28. The average Bonchev–Trinajstić information content (AvgIpc) is 2.97. The molecule has 2 N–H and O–H groups in total. The second-order valence-corrected chi connectivity index (χ2v) is 6.13. The molecule has 2 aliphatic rings. The molecule has 4 heteroatoms. The van der Waals surface area contributed by atoms with Gasteiger partial charge in [0.05, 0.1) is 17.9 Å². The van der Waals surface area contributed by atoms with E-state index in [0.29, 0.717) is 12.8 Å². The molecule has 2 aliphatic carbocycles. The molecule has 0 spiro atoms. The summed E-state index contributed by atoms with van der Waals surface area (Å²) in [5, 5.41) is 12.3. The van der Waals surface area contributed by atoms with Crippen molar-refractivity contribution < 1.29 is 14.7 Å². The second-order valence-electron chi connectivity index (χ2n) is 6.13. The summed E-state index contributed by atoms with van der Waals surface area (Å²) < 4.78 is 0. The Balaban J connectivity index is 1.73. The summed E-state index contributed by atoms with van der Waals surface area (Å²) in [6.07, 6.45) is 5.20. The molecule has 1 fully saturated rings. The number of aliphatic carboxylic acids is 1. The highest BCUT2D eigenvalue weighted by Crippen LogP contribution is 2.34. The molecule has 4 nitrogen and oxygen atoms in total. The predicted octanol–water partition coefficient (Wildman–Crippen LogP) is 2.68. The van der Waals surface area contributed by atoms with Crippen molar-refractivity contribution >= 4 is 11.9 Å². The third-order valence-corrected chi connectivity index (χ3v) is 4.86. The lowest BCUT2D eigenvalue weighted by molar-refractivity contribution is -0.146. The Morgan fingerprint density at radius 1 is 1.05 bits per heavy atom. The Hall–Kier alpha value is -1.84. The maximum Gasteiger partial charge on any atom is 0.307 e. The first-order valence-electron chi connectivity index (χ1n) is 7.78. The summed E-state index contributed by atoms with van der Waals surface area (Å²) in [7, 11) is 0. The number of aryl methyl sites for hydroxylation is 1. The molecule has 3 rings (SSSR count). The van der Waals surface area contributed by atoms with Crippen LogP contribution < -0.4 is 5.32 Å². The monoisotopic (exact) mass is 287 g/mol. The number of fused-ring (bicyclic) bond motifs is 1. The van der Waals surface area contributed by atoms with Gasteiger partial charge in [0, 0.05) is 0 Å². The van der Waals surface area contributed by atoms with Crippen molar-refractivity contribution in [3.05, 3.63) is 35.4 Å². The highest BCUT2D eigenvalue weighted by molar-refractivity contribution is 5.85. The molecule has 0 radical (unpaired) electrons. The number of benzene rings is 1. The number of hydrogen-bond donors (Lipinski definition) is 2. The minimum atomic E-state index is -0.836. The van der Waals surface area contributed by atoms with E-state index in [0.717, 1.165) is 25.7 Å². The van der Waals surface area contributed by atoms with Crippen LogP contribution in [0.5, 0.6) is 0 Å². The molecule has 1 saturated carbocycles. The molecule has 3 unspecified atom stereocenters.